The summed E-state index contributed by atoms with van der Waals surface area (Å²) in [5.41, 5.74) is -1.74. The molecule has 3 aromatic rings. The number of carbonyl (C=O) groups excluding carboxylic acids is 2. The van der Waals surface area contributed by atoms with Crippen molar-refractivity contribution in [3.8, 4) is 11.1 Å². The number of methoxy groups -OCH3 is 1. The average Bonchev–Trinajstić information content (AvgIpc) is 2.81. The van der Waals surface area contributed by atoms with E-state index in [2.05, 4.69) is 9.72 Å². The number of aryl methyl sites for hydroxylation is 1. The average molecular weight is 510 g/mol. The summed E-state index contributed by atoms with van der Waals surface area (Å²) in [5, 5.41) is 0. The number of halogens is 6. The summed E-state index contributed by atoms with van der Waals surface area (Å²) in [4.78, 5) is 30.2. The van der Waals surface area contributed by atoms with E-state index in [-0.39, 0.29) is 22.9 Å². The standard InChI is InChI=1S/C25H20F6N2O3/c1-14-6-4-5-7-18(14)19-11-21(23(35)36-3)32-12-20(19)22(34)33(2)13-15-8-16(24(26,27)28)10-17(9-15)25(29,30)31/h4-12H,13H2,1-3H3. The Balaban J connectivity index is 2.04. The Bertz CT molecular complexity index is 1270. The predicted molar refractivity (Wildman–Crippen MR) is 118 cm³/mol. The number of carbonyl (C=O) groups is 2. The van der Waals surface area contributed by atoms with Gasteiger partial charge in [-0.25, -0.2) is 9.78 Å². The fourth-order valence-corrected chi connectivity index (χ4v) is 3.60. The second-order valence-corrected chi connectivity index (χ2v) is 8.00. The molecule has 1 aromatic heterocycles. The van der Waals surface area contributed by atoms with Crippen LogP contribution < -0.4 is 0 Å². The molecule has 5 nitrogen and oxygen atoms in total. The minimum absolute atomic E-state index is 0.00229. The Hall–Kier alpha value is -3.89. The van der Waals surface area contributed by atoms with Crippen molar-refractivity contribution in [3.63, 3.8) is 0 Å². The summed E-state index contributed by atoms with van der Waals surface area (Å²) in [6.07, 6.45) is -8.89. The Morgan fingerprint density at radius 2 is 1.50 bits per heavy atom. The van der Waals surface area contributed by atoms with Gasteiger partial charge < -0.3 is 9.64 Å². The van der Waals surface area contributed by atoms with E-state index in [0.717, 1.165) is 23.8 Å². The van der Waals surface area contributed by atoms with Crippen molar-refractivity contribution < 1.29 is 40.7 Å². The highest BCUT2D eigenvalue weighted by molar-refractivity contribution is 6.02. The van der Waals surface area contributed by atoms with E-state index in [9.17, 15) is 35.9 Å². The van der Waals surface area contributed by atoms with Crippen LogP contribution in [-0.4, -0.2) is 35.9 Å². The molecule has 36 heavy (non-hydrogen) atoms. The van der Waals surface area contributed by atoms with Gasteiger partial charge >= 0.3 is 18.3 Å². The lowest BCUT2D eigenvalue weighted by molar-refractivity contribution is -0.143. The molecule has 1 amide bonds. The molecule has 0 saturated heterocycles. The smallest absolute Gasteiger partial charge is 0.416 e. The highest BCUT2D eigenvalue weighted by Crippen LogP contribution is 2.37. The van der Waals surface area contributed by atoms with Crippen LogP contribution >= 0.6 is 0 Å². The van der Waals surface area contributed by atoms with Crippen LogP contribution in [0.1, 0.15) is 43.1 Å². The van der Waals surface area contributed by atoms with E-state index in [1.807, 2.05) is 0 Å². The van der Waals surface area contributed by atoms with Crippen LogP contribution in [0.25, 0.3) is 11.1 Å². The quantitative estimate of drug-likeness (QED) is 0.305. The number of hydrogen-bond acceptors (Lipinski definition) is 4. The van der Waals surface area contributed by atoms with Crippen LogP contribution in [0.4, 0.5) is 26.3 Å². The zero-order valence-electron chi connectivity index (χ0n) is 19.3. The normalized spacial score (nSPS) is 11.8. The molecule has 0 atom stereocenters. The molecule has 0 fully saturated rings. The Labute approximate surface area is 202 Å². The minimum Gasteiger partial charge on any atom is -0.464 e. The van der Waals surface area contributed by atoms with Gasteiger partial charge in [0.05, 0.1) is 23.8 Å². The van der Waals surface area contributed by atoms with E-state index < -0.39 is 41.9 Å². The monoisotopic (exact) mass is 510 g/mol. The number of pyridine rings is 1. The maximum atomic E-state index is 13.3. The third-order valence-corrected chi connectivity index (χ3v) is 5.38. The summed E-state index contributed by atoms with van der Waals surface area (Å²) >= 11 is 0. The molecule has 0 bridgehead atoms. The topological polar surface area (TPSA) is 59.5 Å². The zero-order chi connectivity index (χ0) is 26.8. The highest BCUT2D eigenvalue weighted by Gasteiger charge is 2.37. The maximum absolute atomic E-state index is 13.3. The molecule has 0 radical (unpaired) electrons. The molecule has 2 aromatic carbocycles. The zero-order valence-corrected chi connectivity index (χ0v) is 19.3. The molecule has 0 aliphatic carbocycles. The van der Waals surface area contributed by atoms with Crippen LogP contribution in [0.5, 0.6) is 0 Å². The summed E-state index contributed by atoms with van der Waals surface area (Å²) in [5.74, 6) is -1.47. The predicted octanol–water partition coefficient (Wildman–Crippen LogP) is 6.15. The number of rotatable bonds is 5. The summed E-state index contributed by atoms with van der Waals surface area (Å²) in [6.45, 7) is 1.23. The number of alkyl halides is 6. The first-order valence-electron chi connectivity index (χ1n) is 10.4. The number of aromatic nitrogens is 1. The molecule has 0 aliphatic rings. The summed E-state index contributed by atoms with van der Waals surface area (Å²) < 4.78 is 84.0. The number of hydrogen-bond donors (Lipinski definition) is 0. The Morgan fingerprint density at radius 3 is 2.03 bits per heavy atom. The molecule has 0 aliphatic heterocycles. The molecule has 190 valence electrons. The van der Waals surface area contributed by atoms with Crippen molar-refractivity contribution in [2.45, 2.75) is 25.8 Å². The van der Waals surface area contributed by atoms with Gasteiger partial charge in [-0.05, 0) is 53.4 Å². The minimum atomic E-state index is -5.01. The van der Waals surface area contributed by atoms with Crippen molar-refractivity contribution in [1.29, 1.82) is 0 Å². The molecule has 0 saturated carbocycles. The molecule has 0 spiro atoms. The Kier molecular flexibility index (Phi) is 7.42. The van der Waals surface area contributed by atoms with Gasteiger partial charge in [0, 0.05) is 19.8 Å². The lowest BCUT2D eigenvalue weighted by atomic mass is 9.96. The van der Waals surface area contributed by atoms with E-state index in [4.69, 9.17) is 0 Å². The molecule has 11 heteroatoms. The molecular weight excluding hydrogens is 490 g/mol. The van der Waals surface area contributed by atoms with Gasteiger partial charge in [-0.15, -0.1) is 0 Å². The van der Waals surface area contributed by atoms with Gasteiger partial charge in [0.25, 0.3) is 5.91 Å². The molecule has 0 unspecified atom stereocenters. The molecular formula is C25H20F6N2O3. The second-order valence-electron chi connectivity index (χ2n) is 8.00. The van der Waals surface area contributed by atoms with Crippen LogP contribution in [0.2, 0.25) is 0 Å². The fraction of sp³-hybridized carbons (Fsp3) is 0.240. The van der Waals surface area contributed by atoms with Crippen molar-refractivity contribution in [3.05, 3.63) is 88.2 Å². The van der Waals surface area contributed by atoms with E-state index in [0.29, 0.717) is 23.3 Å². The third kappa shape index (κ3) is 5.84. The third-order valence-electron chi connectivity index (χ3n) is 5.38. The molecule has 1 heterocycles. The first-order chi connectivity index (χ1) is 16.7. The van der Waals surface area contributed by atoms with E-state index in [1.54, 1.807) is 31.2 Å². The number of esters is 1. The summed E-state index contributed by atoms with van der Waals surface area (Å²) in [7, 11) is 2.40. The van der Waals surface area contributed by atoms with Gasteiger partial charge in [-0.2, -0.15) is 26.3 Å². The first-order valence-corrected chi connectivity index (χ1v) is 10.4. The van der Waals surface area contributed by atoms with Crippen molar-refractivity contribution >= 4 is 11.9 Å². The number of amides is 1. The second kappa shape index (κ2) is 10.00. The van der Waals surface area contributed by atoms with Crippen molar-refractivity contribution in [2.24, 2.45) is 0 Å². The van der Waals surface area contributed by atoms with Gasteiger partial charge in [0.1, 0.15) is 5.69 Å². The number of nitrogens with zero attached hydrogens (tertiary/aromatic N) is 2. The lowest BCUT2D eigenvalue weighted by Crippen LogP contribution is -2.27. The van der Waals surface area contributed by atoms with Crippen LogP contribution in [-0.2, 0) is 23.6 Å². The van der Waals surface area contributed by atoms with Gasteiger partial charge in [-0.1, -0.05) is 24.3 Å². The lowest BCUT2D eigenvalue weighted by Gasteiger charge is -2.21. The Morgan fingerprint density at radius 1 is 0.917 bits per heavy atom. The van der Waals surface area contributed by atoms with E-state index >= 15 is 0 Å². The molecule has 3 rings (SSSR count). The van der Waals surface area contributed by atoms with Crippen LogP contribution in [0, 0.1) is 6.92 Å². The van der Waals surface area contributed by atoms with Gasteiger partial charge in [-0.3, -0.25) is 4.79 Å². The van der Waals surface area contributed by atoms with Gasteiger partial charge in [0.15, 0.2) is 0 Å². The van der Waals surface area contributed by atoms with Gasteiger partial charge in [0.2, 0.25) is 0 Å². The highest BCUT2D eigenvalue weighted by atomic mass is 19.4. The van der Waals surface area contributed by atoms with Crippen LogP contribution in [0.15, 0.2) is 54.7 Å². The maximum Gasteiger partial charge on any atom is 0.416 e. The first kappa shape index (κ1) is 26.7. The fourth-order valence-electron chi connectivity index (χ4n) is 3.60. The molecule has 0 N–H and O–H groups in total. The van der Waals surface area contributed by atoms with E-state index in [1.165, 1.54) is 13.1 Å². The number of benzene rings is 2. The SMILES string of the molecule is COC(=O)c1cc(-c2ccccc2C)c(C(=O)N(C)Cc2cc(C(F)(F)F)cc(C(F)(F)F)c2)cn1. The van der Waals surface area contributed by atoms with Crippen molar-refractivity contribution in [1.82, 2.24) is 9.88 Å². The summed E-state index contributed by atoms with van der Waals surface area (Å²) in [6, 6.07) is 9.45. The number of ether oxygens (including phenoxy) is 1. The van der Waals surface area contributed by atoms with Crippen molar-refractivity contribution in [2.75, 3.05) is 14.2 Å². The largest absolute Gasteiger partial charge is 0.464 e. The van der Waals surface area contributed by atoms with Crippen LogP contribution in [0.3, 0.4) is 0 Å².